The first-order chi connectivity index (χ1) is 14.8. The van der Waals surface area contributed by atoms with Gasteiger partial charge in [0, 0.05) is 31.8 Å². The Labute approximate surface area is 182 Å². The highest BCUT2D eigenvalue weighted by Gasteiger charge is 2.33. The molecule has 0 amide bonds. The number of methoxy groups -OCH3 is 1. The molecule has 0 spiro atoms. The van der Waals surface area contributed by atoms with Crippen LogP contribution in [0.15, 0.2) is 46.9 Å². The van der Waals surface area contributed by atoms with Gasteiger partial charge in [0.2, 0.25) is 0 Å². The van der Waals surface area contributed by atoms with Crippen LogP contribution in [0.3, 0.4) is 0 Å². The molecule has 4 rings (SSSR count). The lowest BCUT2D eigenvalue weighted by Crippen LogP contribution is -2.29. The van der Waals surface area contributed by atoms with E-state index >= 15 is 4.39 Å². The van der Waals surface area contributed by atoms with E-state index in [4.69, 9.17) is 16.3 Å². The average Bonchev–Trinajstić information content (AvgIpc) is 3.04. The number of nitrogens with zero attached hydrogens (tertiary/aromatic N) is 3. The molecule has 0 bridgehead atoms. The van der Waals surface area contributed by atoms with E-state index < -0.39 is 18.2 Å². The number of hydrogen-bond donors (Lipinski definition) is 1. The van der Waals surface area contributed by atoms with Gasteiger partial charge in [-0.1, -0.05) is 29.3 Å². The summed E-state index contributed by atoms with van der Waals surface area (Å²) in [6, 6.07) is 0. The SMILES string of the molecule is COC1C(Cl)=CC=C(c2nc(C(=O)O)c3c(C)cn(CC4=CC=C(F)CC4)c3n2)C1F. The highest BCUT2D eigenvalue weighted by atomic mass is 35.5. The van der Waals surface area contributed by atoms with Crippen molar-refractivity contribution >= 4 is 34.2 Å². The summed E-state index contributed by atoms with van der Waals surface area (Å²) in [6.07, 6.45) is 6.08. The maximum Gasteiger partial charge on any atom is 0.355 e. The quantitative estimate of drug-likeness (QED) is 0.706. The first-order valence-corrected chi connectivity index (χ1v) is 10.1. The molecule has 2 heterocycles. The second-order valence-electron chi connectivity index (χ2n) is 7.51. The number of carboxylic acids is 1. The molecule has 0 aromatic carbocycles. The second-order valence-corrected chi connectivity index (χ2v) is 7.95. The first kappa shape index (κ1) is 21.4. The van der Waals surface area contributed by atoms with Crippen LogP contribution in [0.25, 0.3) is 16.6 Å². The number of rotatable bonds is 5. The highest BCUT2D eigenvalue weighted by Crippen LogP contribution is 2.34. The maximum atomic E-state index is 15.1. The minimum absolute atomic E-state index is 0.0391. The van der Waals surface area contributed by atoms with Crippen molar-refractivity contribution < 1.29 is 23.4 Å². The van der Waals surface area contributed by atoms with Crippen LogP contribution >= 0.6 is 11.6 Å². The number of carbonyl (C=O) groups is 1. The van der Waals surface area contributed by atoms with Crippen LogP contribution in [0.2, 0.25) is 0 Å². The van der Waals surface area contributed by atoms with Crippen LogP contribution in [0.4, 0.5) is 8.78 Å². The molecule has 0 saturated carbocycles. The van der Waals surface area contributed by atoms with Crippen molar-refractivity contribution in [1.29, 1.82) is 0 Å². The molecule has 0 saturated heterocycles. The molecule has 9 heteroatoms. The summed E-state index contributed by atoms with van der Waals surface area (Å²) in [5, 5.41) is 10.3. The highest BCUT2D eigenvalue weighted by molar-refractivity contribution is 6.30. The Hall–Kier alpha value is -2.84. The number of fused-ring (bicyclic) bond motifs is 1. The van der Waals surface area contributed by atoms with Crippen molar-refractivity contribution in [3.63, 3.8) is 0 Å². The molecule has 162 valence electrons. The van der Waals surface area contributed by atoms with Crippen molar-refractivity contribution in [2.24, 2.45) is 0 Å². The van der Waals surface area contributed by atoms with Crippen LogP contribution in [0.1, 0.15) is 34.7 Å². The second kappa shape index (κ2) is 8.36. The van der Waals surface area contributed by atoms with E-state index in [1.54, 1.807) is 23.8 Å². The van der Waals surface area contributed by atoms with Gasteiger partial charge >= 0.3 is 5.97 Å². The molecule has 0 radical (unpaired) electrons. The lowest BCUT2D eigenvalue weighted by atomic mass is 9.99. The van der Waals surface area contributed by atoms with E-state index in [9.17, 15) is 14.3 Å². The predicted molar refractivity (Wildman–Crippen MR) is 113 cm³/mol. The van der Waals surface area contributed by atoms with Gasteiger partial charge in [-0.05, 0) is 31.1 Å². The molecule has 2 aliphatic carbocycles. The maximum absolute atomic E-state index is 15.1. The summed E-state index contributed by atoms with van der Waals surface area (Å²) in [5.74, 6) is -1.45. The van der Waals surface area contributed by atoms with Gasteiger partial charge in [-0.3, -0.25) is 0 Å². The lowest BCUT2D eigenvalue weighted by molar-refractivity contribution is 0.0692. The predicted octanol–water partition coefficient (Wildman–Crippen LogP) is 4.88. The van der Waals surface area contributed by atoms with Crippen LogP contribution in [0.5, 0.6) is 0 Å². The van der Waals surface area contributed by atoms with Crippen LogP contribution in [-0.4, -0.2) is 45.0 Å². The standard InChI is InChI=1S/C22H20ClF2N3O3/c1-11-9-28(10-12-3-5-13(24)6-4-12)21-16(11)18(22(29)30)26-20(27-21)14-7-8-15(23)19(31-2)17(14)25/h3,5,7-9,17,19H,4,6,10H2,1-2H3,(H,29,30). The van der Waals surface area contributed by atoms with Gasteiger partial charge in [0.05, 0.1) is 10.4 Å². The molecule has 0 fully saturated rings. The van der Waals surface area contributed by atoms with Crippen molar-refractivity contribution in [3.05, 3.63) is 64.0 Å². The summed E-state index contributed by atoms with van der Waals surface area (Å²) < 4.78 is 35.4. The van der Waals surface area contributed by atoms with Crippen molar-refractivity contribution in [3.8, 4) is 0 Å². The number of hydrogen-bond acceptors (Lipinski definition) is 4. The van der Waals surface area contributed by atoms with Crippen molar-refractivity contribution in [1.82, 2.24) is 14.5 Å². The third-order valence-corrected chi connectivity index (χ3v) is 5.78. The van der Waals surface area contributed by atoms with Crippen molar-refractivity contribution in [2.75, 3.05) is 7.11 Å². The minimum atomic E-state index is -1.65. The van der Waals surface area contributed by atoms with Gasteiger partial charge in [-0.25, -0.2) is 23.5 Å². The van der Waals surface area contributed by atoms with Gasteiger partial charge in [-0.15, -0.1) is 0 Å². The number of alkyl halides is 1. The van der Waals surface area contributed by atoms with Gasteiger partial charge in [-0.2, -0.15) is 0 Å². The molecule has 31 heavy (non-hydrogen) atoms. The largest absolute Gasteiger partial charge is 0.476 e. The fourth-order valence-corrected chi connectivity index (χ4v) is 4.14. The number of aryl methyl sites for hydroxylation is 1. The average molecular weight is 448 g/mol. The van der Waals surface area contributed by atoms with Crippen LogP contribution in [0, 0.1) is 6.92 Å². The Morgan fingerprint density at radius 3 is 2.71 bits per heavy atom. The molecular formula is C22H20ClF2N3O3. The van der Waals surface area contributed by atoms with Crippen LogP contribution in [-0.2, 0) is 11.3 Å². The monoisotopic (exact) mass is 447 g/mol. The van der Waals surface area contributed by atoms with E-state index in [0.29, 0.717) is 36.0 Å². The van der Waals surface area contributed by atoms with E-state index in [1.807, 2.05) is 0 Å². The molecule has 2 aromatic heterocycles. The third kappa shape index (κ3) is 3.93. The Bertz CT molecular complexity index is 1200. The Morgan fingerprint density at radius 2 is 2.06 bits per heavy atom. The zero-order chi connectivity index (χ0) is 22.3. The fraction of sp³-hybridized carbons (Fsp3) is 0.318. The molecule has 0 aliphatic heterocycles. The van der Waals surface area contributed by atoms with Crippen molar-refractivity contribution in [2.45, 2.75) is 38.6 Å². The topological polar surface area (TPSA) is 77.2 Å². The zero-order valence-corrected chi connectivity index (χ0v) is 17.7. The van der Waals surface area contributed by atoms with E-state index in [-0.39, 0.29) is 28.0 Å². The summed E-state index contributed by atoms with van der Waals surface area (Å²) >= 11 is 6.03. The number of carboxylic acid groups (broad SMARTS) is 1. The zero-order valence-electron chi connectivity index (χ0n) is 16.9. The minimum Gasteiger partial charge on any atom is -0.476 e. The van der Waals surface area contributed by atoms with Gasteiger partial charge < -0.3 is 14.4 Å². The number of aromatic nitrogens is 3. The number of halogens is 3. The normalized spacial score (nSPS) is 21.5. The molecule has 2 aromatic rings. The molecule has 1 N–H and O–H groups in total. The molecule has 2 aliphatic rings. The first-order valence-electron chi connectivity index (χ1n) is 9.69. The van der Waals surface area contributed by atoms with Gasteiger partial charge in [0.25, 0.3) is 0 Å². The summed E-state index contributed by atoms with van der Waals surface area (Å²) in [4.78, 5) is 20.6. The Balaban J connectivity index is 1.86. The number of allylic oxidation sites excluding steroid dienone is 6. The third-order valence-electron chi connectivity index (χ3n) is 5.44. The molecule has 2 atom stereocenters. The summed E-state index contributed by atoms with van der Waals surface area (Å²) in [7, 11) is 1.34. The number of aromatic carboxylic acids is 1. The smallest absolute Gasteiger partial charge is 0.355 e. The fourth-order valence-electron chi connectivity index (χ4n) is 3.88. The van der Waals surface area contributed by atoms with Crippen LogP contribution < -0.4 is 0 Å². The number of ether oxygens (including phenoxy) is 1. The van der Waals surface area contributed by atoms with Gasteiger partial charge in [0.1, 0.15) is 17.6 Å². The molecule has 2 unspecified atom stereocenters. The summed E-state index contributed by atoms with van der Waals surface area (Å²) in [6.45, 7) is 2.18. The Morgan fingerprint density at radius 1 is 1.29 bits per heavy atom. The van der Waals surface area contributed by atoms with E-state index in [2.05, 4.69) is 9.97 Å². The molecule has 6 nitrogen and oxygen atoms in total. The summed E-state index contributed by atoms with van der Waals surface area (Å²) in [5.41, 5.74) is 1.92. The van der Waals surface area contributed by atoms with E-state index in [0.717, 1.165) is 5.57 Å². The van der Waals surface area contributed by atoms with Gasteiger partial charge in [0.15, 0.2) is 17.7 Å². The van der Waals surface area contributed by atoms with E-state index in [1.165, 1.54) is 25.3 Å². The molecular weight excluding hydrogens is 428 g/mol. The lowest BCUT2D eigenvalue weighted by Gasteiger charge is -2.24. The Kier molecular flexibility index (Phi) is 5.77.